The van der Waals surface area contributed by atoms with E-state index in [4.69, 9.17) is 0 Å². The smallest absolute Gasteiger partial charge is 0.259 e. The van der Waals surface area contributed by atoms with Gasteiger partial charge in [0.2, 0.25) is 0 Å². The maximum absolute atomic E-state index is 13.6. The fourth-order valence-electron chi connectivity index (χ4n) is 3.14. The Balaban J connectivity index is 2.15. The molecule has 140 valence electrons. The van der Waals surface area contributed by atoms with E-state index in [9.17, 15) is 8.42 Å². The van der Waals surface area contributed by atoms with Gasteiger partial charge in [0, 0.05) is 0 Å². The molecular weight excluding hydrogens is 354 g/mol. The molecule has 0 heterocycles. The molecule has 0 N–H and O–H groups in total. The van der Waals surface area contributed by atoms with Crippen LogP contribution in [0.25, 0.3) is 0 Å². The van der Waals surface area contributed by atoms with Crippen LogP contribution < -0.4 is 4.31 Å². The molecular formula is C23H25NO2S. The lowest BCUT2D eigenvalue weighted by Gasteiger charge is -2.31. The zero-order valence-corrected chi connectivity index (χ0v) is 17.0. The van der Waals surface area contributed by atoms with Gasteiger partial charge in [-0.2, -0.15) is 0 Å². The molecule has 0 saturated carbocycles. The van der Waals surface area contributed by atoms with Crippen LogP contribution in [0.15, 0.2) is 77.7 Å². The number of nitrogens with zero attached hydrogens (tertiary/aromatic N) is 1. The molecule has 0 saturated heterocycles. The van der Waals surface area contributed by atoms with Gasteiger partial charge in [0.05, 0.1) is 16.6 Å². The van der Waals surface area contributed by atoms with Gasteiger partial charge in [-0.3, -0.25) is 4.31 Å². The quantitative estimate of drug-likeness (QED) is 0.581. The van der Waals surface area contributed by atoms with Crippen LogP contribution in [0.4, 0.5) is 5.69 Å². The molecule has 0 spiro atoms. The van der Waals surface area contributed by atoms with Gasteiger partial charge in [-0.1, -0.05) is 59.7 Å². The van der Waals surface area contributed by atoms with Crippen molar-refractivity contribution in [2.45, 2.75) is 38.6 Å². The van der Waals surface area contributed by atoms with E-state index in [2.05, 4.69) is 0 Å². The minimum atomic E-state index is -3.71. The fourth-order valence-corrected chi connectivity index (χ4v) is 4.78. The van der Waals surface area contributed by atoms with Crippen molar-refractivity contribution in [3.63, 3.8) is 0 Å². The topological polar surface area (TPSA) is 37.4 Å². The van der Waals surface area contributed by atoms with Crippen LogP contribution in [0, 0.1) is 20.8 Å². The molecule has 3 rings (SSSR count). The number of rotatable bonds is 5. The lowest BCUT2D eigenvalue weighted by molar-refractivity contribution is 0.583. The summed E-state index contributed by atoms with van der Waals surface area (Å²) in [7, 11) is -3.71. The average Bonchev–Trinajstić information content (AvgIpc) is 2.62. The molecule has 0 bridgehead atoms. The van der Waals surface area contributed by atoms with Gasteiger partial charge in [0.25, 0.3) is 10.0 Å². The number of hydrogen-bond acceptors (Lipinski definition) is 2. The van der Waals surface area contributed by atoms with E-state index in [1.807, 2.05) is 88.4 Å². The Morgan fingerprint density at radius 2 is 1.30 bits per heavy atom. The molecule has 0 aliphatic rings. The Morgan fingerprint density at radius 3 is 1.85 bits per heavy atom. The normalized spacial score (nSPS) is 12.6. The van der Waals surface area contributed by atoms with Crippen LogP contribution in [0.5, 0.6) is 0 Å². The highest BCUT2D eigenvalue weighted by Crippen LogP contribution is 2.33. The summed E-state index contributed by atoms with van der Waals surface area (Å²) in [6.07, 6.45) is 0. The zero-order chi connectivity index (χ0) is 19.6. The van der Waals surface area contributed by atoms with Gasteiger partial charge >= 0.3 is 0 Å². The van der Waals surface area contributed by atoms with E-state index >= 15 is 0 Å². The zero-order valence-electron chi connectivity index (χ0n) is 16.2. The molecule has 3 aromatic rings. The van der Waals surface area contributed by atoms with Gasteiger partial charge in [-0.05, 0) is 63.1 Å². The molecule has 27 heavy (non-hydrogen) atoms. The SMILES string of the molecule is Cc1ccc(C(C)N(c2cccc(C)c2)S(=O)(=O)c2ccc(C)cc2)cc1. The Morgan fingerprint density at radius 1 is 0.741 bits per heavy atom. The second-order valence-electron chi connectivity index (χ2n) is 7.04. The second kappa shape index (κ2) is 7.57. The van der Waals surface area contributed by atoms with Crippen molar-refractivity contribution in [2.75, 3.05) is 4.31 Å². The van der Waals surface area contributed by atoms with E-state index in [1.54, 1.807) is 12.1 Å². The van der Waals surface area contributed by atoms with E-state index in [0.29, 0.717) is 10.6 Å². The lowest BCUT2D eigenvalue weighted by atomic mass is 10.1. The monoisotopic (exact) mass is 379 g/mol. The molecule has 4 heteroatoms. The summed E-state index contributed by atoms with van der Waals surface area (Å²) in [4.78, 5) is 0.300. The molecule has 0 aromatic heterocycles. The summed E-state index contributed by atoms with van der Waals surface area (Å²) in [5.41, 5.74) is 4.83. The number of anilines is 1. The summed E-state index contributed by atoms with van der Waals surface area (Å²) in [5, 5.41) is 0. The average molecular weight is 380 g/mol. The molecule has 1 unspecified atom stereocenters. The fraction of sp³-hybridized carbons (Fsp3) is 0.217. The molecule has 3 aromatic carbocycles. The van der Waals surface area contributed by atoms with Gasteiger partial charge in [-0.25, -0.2) is 8.42 Å². The van der Waals surface area contributed by atoms with Crippen LogP contribution in [0.2, 0.25) is 0 Å². The first-order valence-electron chi connectivity index (χ1n) is 9.03. The lowest BCUT2D eigenvalue weighted by Crippen LogP contribution is -2.33. The maximum Gasteiger partial charge on any atom is 0.264 e. The Kier molecular flexibility index (Phi) is 5.38. The number of benzene rings is 3. The Labute approximate surface area is 162 Å². The molecule has 0 aliphatic heterocycles. The number of sulfonamides is 1. The number of hydrogen-bond donors (Lipinski definition) is 0. The maximum atomic E-state index is 13.6. The molecule has 0 fully saturated rings. The van der Waals surface area contributed by atoms with E-state index < -0.39 is 10.0 Å². The predicted octanol–water partition coefficient (Wildman–Crippen LogP) is 5.57. The van der Waals surface area contributed by atoms with Crippen LogP contribution in [0.3, 0.4) is 0 Å². The molecule has 1 atom stereocenters. The van der Waals surface area contributed by atoms with Gasteiger partial charge in [0.15, 0.2) is 0 Å². The van der Waals surface area contributed by atoms with Gasteiger partial charge < -0.3 is 0 Å². The highest BCUT2D eigenvalue weighted by molar-refractivity contribution is 7.92. The van der Waals surface area contributed by atoms with Crippen LogP contribution >= 0.6 is 0 Å². The van der Waals surface area contributed by atoms with E-state index in [-0.39, 0.29) is 6.04 Å². The van der Waals surface area contributed by atoms with E-state index in [1.165, 1.54) is 4.31 Å². The van der Waals surface area contributed by atoms with Crippen LogP contribution in [-0.2, 0) is 10.0 Å². The molecule has 0 aliphatic carbocycles. The first-order valence-corrected chi connectivity index (χ1v) is 10.5. The summed E-state index contributed by atoms with van der Waals surface area (Å²) in [6, 6.07) is 22.3. The molecule has 3 nitrogen and oxygen atoms in total. The minimum Gasteiger partial charge on any atom is -0.259 e. The first kappa shape index (κ1) is 19.2. The Hall–Kier alpha value is -2.59. The second-order valence-corrected chi connectivity index (χ2v) is 8.85. The van der Waals surface area contributed by atoms with Gasteiger partial charge in [-0.15, -0.1) is 0 Å². The van der Waals surface area contributed by atoms with Crippen molar-refractivity contribution < 1.29 is 8.42 Å². The third kappa shape index (κ3) is 4.06. The summed E-state index contributed by atoms with van der Waals surface area (Å²) in [5.74, 6) is 0. The van der Waals surface area contributed by atoms with Gasteiger partial charge in [0.1, 0.15) is 0 Å². The van der Waals surface area contributed by atoms with Crippen LogP contribution in [-0.4, -0.2) is 8.42 Å². The number of aryl methyl sites for hydroxylation is 3. The molecule has 0 amide bonds. The molecule has 0 radical (unpaired) electrons. The minimum absolute atomic E-state index is 0.300. The first-order chi connectivity index (χ1) is 12.8. The van der Waals surface area contributed by atoms with Crippen molar-refractivity contribution >= 4 is 15.7 Å². The third-order valence-electron chi connectivity index (χ3n) is 4.75. The predicted molar refractivity (Wildman–Crippen MR) is 112 cm³/mol. The van der Waals surface area contributed by atoms with Crippen molar-refractivity contribution in [1.29, 1.82) is 0 Å². The summed E-state index contributed by atoms with van der Waals surface area (Å²) in [6.45, 7) is 7.87. The van der Waals surface area contributed by atoms with Crippen molar-refractivity contribution in [2.24, 2.45) is 0 Å². The highest BCUT2D eigenvalue weighted by atomic mass is 32.2. The largest absolute Gasteiger partial charge is 0.264 e. The van der Waals surface area contributed by atoms with Crippen molar-refractivity contribution in [1.82, 2.24) is 0 Å². The Bertz CT molecular complexity index is 1020. The van der Waals surface area contributed by atoms with Crippen molar-refractivity contribution in [3.8, 4) is 0 Å². The highest BCUT2D eigenvalue weighted by Gasteiger charge is 2.30. The third-order valence-corrected chi connectivity index (χ3v) is 6.66. The summed E-state index contributed by atoms with van der Waals surface area (Å²) < 4.78 is 28.6. The van der Waals surface area contributed by atoms with Crippen LogP contribution in [0.1, 0.15) is 35.2 Å². The van der Waals surface area contributed by atoms with Crippen molar-refractivity contribution in [3.05, 3.63) is 95.1 Å². The van der Waals surface area contributed by atoms with E-state index in [0.717, 1.165) is 22.3 Å². The summed E-state index contributed by atoms with van der Waals surface area (Å²) >= 11 is 0. The standard InChI is InChI=1S/C23H25NO2S/c1-17-8-12-21(13-9-17)20(4)24(22-7-5-6-19(3)16-22)27(25,26)23-14-10-18(2)11-15-23/h5-16,20H,1-4H3.